The molecule has 1 unspecified atom stereocenters. The molecule has 0 bridgehead atoms. The minimum Gasteiger partial charge on any atom is -0.490 e. The smallest absolute Gasteiger partial charge is 0.306 e. The van der Waals surface area contributed by atoms with Gasteiger partial charge < -0.3 is 9.84 Å². The number of nitrogens with zero attached hydrogens (tertiary/aromatic N) is 1. The number of ether oxygens (including phenoxy) is 1. The van der Waals surface area contributed by atoms with E-state index in [2.05, 4.69) is 69.0 Å². The van der Waals surface area contributed by atoms with Crippen molar-refractivity contribution in [3.8, 4) is 5.75 Å². The van der Waals surface area contributed by atoms with Gasteiger partial charge >= 0.3 is 5.97 Å². The van der Waals surface area contributed by atoms with Gasteiger partial charge in [-0.2, -0.15) is 0 Å². The van der Waals surface area contributed by atoms with Crippen LogP contribution in [-0.2, 0) is 4.79 Å². The molecule has 1 N–H and O–H groups in total. The Kier molecular flexibility index (Phi) is 7.33. The highest BCUT2D eigenvalue weighted by Crippen LogP contribution is 2.40. The Labute approximate surface area is 199 Å². The molecule has 2 fully saturated rings. The van der Waals surface area contributed by atoms with Gasteiger partial charge in [0.05, 0.1) is 12.0 Å². The van der Waals surface area contributed by atoms with E-state index in [0.29, 0.717) is 17.6 Å². The molecule has 0 radical (unpaired) electrons. The molecule has 2 aliphatic rings. The lowest BCUT2D eigenvalue weighted by Gasteiger charge is -2.37. The molecule has 1 atom stereocenters. The van der Waals surface area contributed by atoms with Crippen LogP contribution in [0, 0.1) is 17.3 Å². The molecule has 1 aliphatic carbocycles. The first kappa shape index (κ1) is 24.1. The number of aliphatic carboxylic acids is 1. The van der Waals surface area contributed by atoms with Crippen LogP contribution in [0.1, 0.15) is 84.2 Å². The number of carbonyl (C=O) groups is 1. The van der Waals surface area contributed by atoms with Gasteiger partial charge in [-0.1, -0.05) is 52.0 Å². The van der Waals surface area contributed by atoms with E-state index >= 15 is 0 Å². The number of hydrogen-bond donors (Lipinski definition) is 1. The average molecular weight is 452 g/mol. The predicted octanol–water partition coefficient (Wildman–Crippen LogP) is 7.07. The molecule has 1 aliphatic heterocycles. The van der Waals surface area contributed by atoms with Gasteiger partial charge in [0.1, 0.15) is 5.75 Å². The molecule has 180 valence electrons. The van der Waals surface area contributed by atoms with Crippen molar-refractivity contribution in [3.63, 3.8) is 0 Å². The summed E-state index contributed by atoms with van der Waals surface area (Å²) in [5.41, 5.74) is 1.72. The molecule has 4 nitrogen and oxygen atoms in total. The third kappa shape index (κ3) is 5.54. The highest BCUT2D eigenvalue weighted by molar-refractivity contribution is 5.87. The minimum atomic E-state index is -0.647. The summed E-state index contributed by atoms with van der Waals surface area (Å²) in [4.78, 5) is 13.9. The number of benzene rings is 2. The fraction of sp³-hybridized carbons (Fsp3) is 0.621. The Morgan fingerprint density at radius 2 is 1.76 bits per heavy atom. The number of piperidine rings is 1. The predicted molar refractivity (Wildman–Crippen MR) is 135 cm³/mol. The van der Waals surface area contributed by atoms with Crippen LogP contribution in [0.25, 0.3) is 10.8 Å². The standard InChI is InChI=1S/C29H41NO3/c1-5-27(30-17-15-21(16-18-30)28(31)32)25-8-6-7-20-9-12-24(19-26(20)25)33-23-13-10-22(11-14-23)29(2,3)4/h6-9,12,19,21-23,27H,5,10-11,13-18H2,1-4H3,(H,31,32). The van der Waals surface area contributed by atoms with Gasteiger partial charge in [-0.25, -0.2) is 0 Å². The second kappa shape index (κ2) is 10.0. The lowest BCUT2D eigenvalue weighted by Crippen LogP contribution is -2.38. The number of carboxylic acids is 1. The number of rotatable bonds is 6. The van der Waals surface area contributed by atoms with Crippen LogP contribution < -0.4 is 4.74 Å². The highest BCUT2D eigenvalue weighted by Gasteiger charge is 2.31. The van der Waals surface area contributed by atoms with Crippen molar-refractivity contribution >= 4 is 16.7 Å². The molecule has 2 aromatic carbocycles. The molecule has 0 amide bonds. The Morgan fingerprint density at radius 1 is 1.06 bits per heavy atom. The molecular formula is C29H41NO3. The van der Waals surface area contributed by atoms with Gasteiger partial charge in [0, 0.05) is 6.04 Å². The summed E-state index contributed by atoms with van der Waals surface area (Å²) in [5.74, 6) is 0.926. The van der Waals surface area contributed by atoms with Crippen molar-refractivity contribution in [2.45, 2.75) is 84.8 Å². The Morgan fingerprint density at radius 3 is 2.36 bits per heavy atom. The maximum absolute atomic E-state index is 11.4. The summed E-state index contributed by atoms with van der Waals surface area (Å²) < 4.78 is 6.50. The first-order chi connectivity index (χ1) is 15.8. The molecular weight excluding hydrogens is 410 g/mol. The molecule has 1 saturated heterocycles. The highest BCUT2D eigenvalue weighted by atomic mass is 16.5. The van der Waals surface area contributed by atoms with Crippen LogP contribution in [0.15, 0.2) is 36.4 Å². The molecule has 1 heterocycles. The largest absolute Gasteiger partial charge is 0.490 e. The minimum absolute atomic E-state index is 0.195. The summed E-state index contributed by atoms with van der Waals surface area (Å²) >= 11 is 0. The average Bonchev–Trinajstić information content (AvgIpc) is 2.80. The topological polar surface area (TPSA) is 49.8 Å². The zero-order valence-electron chi connectivity index (χ0n) is 20.8. The van der Waals surface area contributed by atoms with Crippen LogP contribution in [0.3, 0.4) is 0 Å². The SMILES string of the molecule is CCC(c1cccc2ccc(OC3CCC(C(C)(C)C)CC3)cc12)N1CCC(C(=O)O)CC1. The van der Waals surface area contributed by atoms with Gasteiger partial charge in [-0.05, 0) is 97.8 Å². The van der Waals surface area contributed by atoms with Crippen molar-refractivity contribution < 1.29 is 14.6 Å². The van der Waals surface area contributed by atoms with E-state index in [-0.39, 0.29) is 5.92 Å². The van der Waals surface area contributed by atoms with Crippen LogP contribution >= 0.6 is 0 Å². The Hall–Kier alpha value is -2.07. The van der Waals surface area contributed by atoms with Crippen LogP contribution in [0.2, 0.25) is 0 Å². The first-order valence-corrected chi connectivity index (χ1v) is 12.9. The Bertz CT molecular complexity index is 947. The molecule has 0 aromatic heterocycles. The lowest BCUT2D eigenvalue weighted by atomic mass is 9.72. The number of hydrogen-bond acceptors (Lipinski definition) is 3. The van der Waals surface area contributed by atoms with Crippen molar-refractivity contribution in [1.29, 1.82) is 0 Å². The van der Waals surface area contributed by atoms with E-state index in [9.17, 15) is 9.90 Å². The van der Waals surface area contributed by atoms with E-state index in [1.165, 1.54) is 29.2 Å². The van der Waals surface area contributed by atoms with Gasteiger partial charge in [-0.15, -0.1) is 0 Å². The normalized spacial score (nSPS) is 24.0. The van der Waals surface area contributed by atoms with E-state index < -0.39 is 5.97 Å². The lowest BCUT2D eigenvalue weighted by molar-refractivity contribution is -0.143. The molecule has 4 heteroatoms. The van der Waals surface area contributed by atoms with Crippen molar-refractivity contribution in [1.82, 2.24) is 4.90 Å². The zero-order chi connectivity index (χ0) is 23.6. The molecule has 4 rings (SSSR count). The quantitative estimate of drug-likeness (QED) is 0.510. The molecule has 1 saturated carbocycles. The van der Waals surface area contributed by atoms with Gasteiger partial charge in [-0.3, -0.25) is 9.69 Å². The second-order valence-electron chi connectivity index (χ2n) is 11.3. The Balaban J connectivity index is 1.50. The van der Waals surface area contributed by atoms with Crippen LogP contribution in [-0.4, -0.2) is 35.2 Å². The molecule has 33 heavy (non-hydrogen) atoms. The maximum atomic E-state index is 11.4. The van der Waals surface area contributed by atoms with E-state index in [4.69, 9.17) is 4.74 Å². The van der Waals surface area contributed by atoms with E-state index in [0.717, 1.165) is 56.9 Å². The number of likely N-dealkylation sites (tertiary alicyclic amines) is 1. The van der Waals surface area contributed by atoms with E-state index in [1.54, 1.807) is 0 Å². The fourth-order valence-corrected chi connectivity index (χ4v) is 6.01. The van der Waals surface area contributed by atoms with Crippen molar-refractivity contribution in [2.75, 3.05) is 13.1 Å². The van der Waals surface area contributed by atoms with Crippen LogP contribution in [0.5, 0.6) is 5.75 Å². The summed E-state index contributed by atoms with van der Waals surface area (Å²) in [6, 6.07) is 13.4. The fourth-order valence-electron chi connectivity index (χ4n) is 6.01. The van der Waals surface area contributed by atoms with E-state index in [1.807, 2.05) is 0 Å². The van der Waals surface area contributed by atoms with Crippen molar-refractivity contribution in [2.24, 2.45) is 17.3 Å². The van der Waals surface area contributed by atoms with Gasteiger partial charge in [0.25, 0.3) is 0 Å². The van der Waals surface area contributed by atoms with Crippen molar-refractivity contribution in [3.05, 3.63) is 42.0 Å². The summed E-state index contributed by atoms with van der Waals surface area (Å²) in [7, 11) is 0. The zero-order valence-corrected chi connectivity index (χ0v) is 20.8. The summed E-state index contributed by atoms with van der Waals surface area (Å²) in [6.45, 7) is 11.0. The number of fused-ring (bicyclic) bond motifs is 1. The summed E-state index contributed by atoms with van der Waals surface area (Å²) in [6.07, 6.45) is 7.57. The third-order valence-electron chi connectivity index (χ3n) is 8.15. The van der Waals surface area contributed by atoms with Gasteiger partial charge in [0.15, 0.2) is 0 Å². The maximum Gasteiger partial charge on any atom is 0.306 e. The molecule has 2 aromatic rings. The van der Waals surface area contributed by atoms with Gasteiger partial charge in [0.2, 0.25) is 0 Å². The van der Waals surface area contributed by atoms with Crippen LogP contribution in [0.4, 0.5) is 0 Å². The third-order valence-corrected chi connectivity index (χ3v) is 8.15. The first-order valence-electron chi connectivity index (χ1n) is 12.9. The molecule has 0 spiro atoms. The second-order valence-corrected chi connectivity index (χ2v) is 11.3. The number of carboxylic acid groups (broad SMARTS) is 1. The summed E-state index contributed by atoms with van der Waals surface area (Å²) in [5, 5.41) is 11.9. The monoisotopic (exact) mass is 451 g/mol.